The molecule has 0 fully saturated rings. The second-order valence-corrected chi connectivity index (χ2v) is 3.44. The van der Waals surface area contributed by atoms with E-state index >= 15 is 0 Å². The van der Waals surface area contributed by atoms with E-state index in [0.29, 0.717) is 0 Å². The highest BCUT2D eigenvalue weighted by Crippen LogP contribution is 1.93. The molecule has 0 aliphatic heterocycles. The summed E-state index contributed by atoms with van der Waals surface area (Å²) in [6.07, 6.45) is 6.54. The van der Waals surface area contributed by atoms with Crippen molar-refractivity contribution in [3.8, 4) is 0 Å². The first kappa shape index (κ1) is 11.1. The van der Waals surface area contributed by atoms with Gasteiger partial charge in [0.15, 0.2) is 0 Å². The molecule has 1 N–H and O–H groups in total. The third-order valence-electron chi connectivity index (χ3n) is 2.09. The molecule has 0 unspecified atom stereocenters. The normalized spacial score (nSPS) is 10.6. The molecular weight excluding hydrogens is 216 g/mol. The number of carbonyl (C=O) groups is 1. The van der Waals surface area contributed by atoms with Gasteiger partial charge in [-0.15, -0.1) is 0 Å². The predicted octanol–water partition coefficient (Wildman–Crippen LogP) is 1.03. The summed E-state index contributed by atoms with van der Waals surface area (Å²) in [5.74, 6) is -0.185. The zero-order valence-corrected chi connectivity index (χ0v) is 9.15. The summed E-state index contributed by atoms with van der Waals surface area (Å²) in [7, 11) is 0. The van der Waals surface area contributed by atoms with E-state index in [4.69, 9.17) is 0 Å². The van der Waals surface area contributed by atoms with Crippen molar-refractivity contribution in [2.75, 3.05) is 0 Å². The molecule has 5 heteroatoms. The SMILES string of the molecule is O=C(Cn1ccnc1)NN=Cc1ccccc1. The van der Waals surface area contributed by atoms with E-state index in [2.05, 4.69) is 15.5 Å². The predicted molar refractivity (Wildman–Crippen MR) is 64.4 cm³/mol. The van der Waals surface area contributed by atoms with E-state index in [1.165, 1.54) is 0 Å². The lowest BCUT2D eigenvalue weighted by atomic mass is 10.2. The Morgan fingerprint density at radius 2 is 2.24 bits per heavy atom. The van der Waals surface area contributed by atoms with Crippen LogP contribution in [0.15, 0.2) is 54.2 Å². The van der Waals surface area contributed by atoms with Crippen LogP contribution in [0.25, 0.3) is 0 Å². The molecule has 86 valence electrons. The first-order chi connectivity index (χ1) is 8.34. The number of benzene rings is 1. The Hall–Kier alpha value is -2.43. The van der Waals surface area contributed by atoms with Gasteiger partial charge >= 0.3 is 0 Å². The number of rotatable bonds is 4. The van der Waals surface area contributed by atoms with Gasteiger partial charge in [-0.2, -0.15) is 5.10 Å². The number of nitrogens with zero attached hydrogens (tertiary/aromatic N) is 3. The van der Waals surface area contributed by atoms with Gasteiger partial charge in [0.25, 0.3) is 5.91 Å². The van der Waals surface area contributed by atoms with Crippen LogP contribution in [0.2, 0.25) is 0 Å². The number of hydrazone groups is 1. The number of carbonyl (C=O) groups excluding carboxylic acids is 1. The minimum absolute atomic E-state index is 0.185. The zero-order valence-electron chi connectivity index (χ0n) is 9.15. The van der Waals surface area contributed by atoms with Crippen LogP contribution < -0.4 is 5.43 Å². The second kappa shape index (κ2) is 5.60. The summed E-state index contributed by atoms with van der Waals surface area (Å²) in [5, 5.41) is 3.86. The summed E-state index contributed by atoms with van der Waals surface area (Å²) in [4.78, 5) is 15.3. The first-order valence-electron chi connectivity index (χ1n) is 5.17. The van der Waals surface area contributed by atoms with Crippen LogP contribution in [-0.2, 0) is 11.3 Å². The van der Waals surface area contributed by atoms with E-state index in [9.17, 15) is 4.79 Å². The summed E-state index contributed by atoms with van der Waals surface area (Å²) in [6.45, 7) is 0.214. The molecule has 1 aromatic heterocycles. The Bertz CT molecular complexity index is 490. The summed E-state index contributed by atoms with van der Waals surface area (Å²) < 4.78 is 1.67. The number of imidazole rings is 1. The van der Waals surface area contributed by atoms with Gasteiger partial charge in [0.1, 0.15) is 6.54 Å². The van der Waals surface area contributed by atoms with Crippen molar-refractivity contribution in [1.29, 1.82) is 0 Å². The average molecular weight is 228 g/mol. The van der Waals surface area contributed by atoms with Crippen LogP contribution >= 0.6 is 0 Å². The maximum atomic E-state index is 11.4. The Morgan fingerprint density at radius 3 is 2.94 bits per heavy atom. The smallest absolute Gasteiger partial charge is 0.260 e. The monoisotopic (exact) mass is 228 g/mol. The van der Waals surface area contributed by atoms with Gasteiger partial charge in [-0.3, -0.25) is 4.79 Å². The molecule has 0 atom stereocenters. The zero-order chi connectivity index (χ0) is 11.9. The number of amides is 1. The van der Waals surface area contributed by atoms with Crippen molar-refractivity contribution in [1.82, 2.24) is 15.0 Å². The molecule has 0 saturated carbocycles. The van der Waals surface area contributed by atoms with E-state index in [1.54, 1.807) is 29.5 Å². The fourth-order valence-electron chi connectivity index (χ4n) is 1.30. The molecule has 1 aromatic carbocycles. The van der Waals surface area contributed by atoms with E-state index in [0.717, 1.165) is 5.56 Å². The van der Waals surface area contributed by atoms with Gasteiger partial charge < -0.3 is 4.57 Å². The van der Waals surface area contributed by atoms with Crippen molar-refractivity contribution in [3.63, 3.8) is 0 Å². The molecule has 0 saturated heterocycles. The van der Waals surface area contributed by atoms with Gasteiger partial charge in [0.2, 0.25) is 0 Å². The number of hydrogen-bond donors (Lipinski definition) is 1. The maximum Gasteiger partial charge on any atom is 0.260 e. The van der Waals surface area contributed by atoms with Crippen LogP contribution in [0.3, 0.4) is 0 Å². The van der Waals surface area contributed by atoms with Crippen LogP contribution in [0.5, 0.6) is 0 Å². The molecule has 0 bridgehead atoms. The third-order valence-corrected chi connectivity index (χ3v) is 2.09. The number of hydrogen-bond acceptors (Lipinski definition) is 3. The molecular formula is C12H12N4O. The topological polar surface area (TPSA) is 59.3 Å². The molecule has 0 aliphatic carbocycles. The van der Waals surface area contributed by atoms with E-state index in [-0.39, 0.29) is 12.5 Å². The maximum absolute atomic E-state index is 11.4. The van der Waals surface area contributed by atoms with Crippen LogP contribution in [0.4, 0.5) is 0 Å². The quantitative estimate of drug-likeness (QED) is 0.627. The van der Waals surface area contributed by atoms with Crippen LogP contribution in [-0.4, -0.2) is 21.7 Å². The van der Waals surface area contributed by atoms with Gasteiger partial charge in [-0.25, -0.2) is 10.4 Å². The summed E-state index contributed by atoms with van der Waals surface area (Å²) in [5.41, 5.74) is 3.39. The van der Waals surface area contributed by atoms with Gasteiger partial charge in [-0.1, -0.05) is 30.3 Å². The molecule has 0 radical (unpaired) electrons. The minimum Gasteiger partial charge on any atom is -0.328 e. The lowest BCUT2D eigenvalue weighted by Crippen LogP contribution is -2.22. The third kappa shape index (κ3) is 3.57. The Morgan fingerprint density at radius 1 is 1.41 bits per heavy atom. The Labute approximate surface area is 98.8 Å². The van der Waals surface area contributed by atoms with Crippen molar-refractivity contribution in [2.45, 2.75) is 6.54 Å². The molecule has 2 aromatic rings. The van der Waals surface area contributed by atoms with Gasteiger partial charge in [0.05, 0.1) is 12.5 Å². The van der Waals surface area contributed by atoms with Crippen LogP contribution in [0, 0.1) is 0 Å². The molecule has 1 amide bonds. The molecule has 0 aliphatic rings. The Balaban J connectivity index is 1.82. The number of aromatic nitrogens is 2. The standard InChI is InChI=1S/C12H12N4O/c17-12(9-16-7-6-13-10-16)15-14-8-11-4-2-1-3-5-11/h1-8,10H,9H2,(H,15,17). The second-order valence-electron chi connectivity index (χ2n) is 3.44. The minimum atomic E-state index is -0.185. The van der Waals surface area contributed by atoms with Crippen molar-refractivity contribution >= 4 is 12.1 Å². The molecule has 17 heavy (non-hydrogen) atoms. The fraction of sp³-hybridized carbons (Fsp3) is 0.0833. The highest BCUT2D eigenvalue weighted by Gasteiger charge is 1.99. The molecule has 5 nitrogen and oxygen atoms in total. The van der Waals surface area contributed by atoms with E-state index in [1.807, 2.05) is 30.3 Å². The molecule has 2 rings (SSSR count). The average Bonchev–Trinajstić information content (AvgIpc) is 2.83. The summed E-state index contributed by atoms with van der Waals surface area (Å²) >= 11 is 0. The van der Waals surface area contributed by atoms with Gasteiger partial charge in [-0.05, 0) is 5.56 Å². The Kier molecular flexibility index (Phi) is 3.64. The fourth-order valence-corrected chi connectivity index (χ4v) is 1.30. The van der Waals surface area contributed by atoms with Crippen molar-refractivity contribution in [3.05, 3.63) is 54.6 Å². The van der Waals surface area contributed by atoms with E-state index < -0.39 is 0 Å². The van der Waals surface area contributed by atoms with Gasteiger partial charge in [0, 0.05) is 12.4 Å². The lowest BCUT2D eigenvalue weighted by Gasteiger charge is -1.99. The number of nitrogens with one attached hydrogen (secondary N) is 1. The van der Waals surface area contributed by atoms with Crippen molar-refractivity contribution in [2.24, 2.45) is 5.10 Å². The summed E-state index contributed by atoms with van der Waals surface area (Å²) in [6, 6.07) is 9.56. The highest BCUT2D eigenvalue weighted by molar-refractivity contribution is 5.82. The largest absolute Gasteiger partial charge is 0.328 e. The van der Waals surface area contributed by atoms with Crippen LogP contribution in [0.1, 0.15) is 5.56 Å². The first-order valence-corrected chi connectivity index (χ1v) is 5.17. The van der Waals surface area contributed by atoms with Crippen molar-refractivity contribution < 1.29 is 4.79 Å². The lowest BCUT2D eigenvalue weighted by molar-refractivity contribution is -0.121. The molecule has 1 heterocycles. The molecule has 0 spiro atoms. The highest BCUT2D eigenvalue weighted by atomic mass is 16.2.